The fourth-order valence-electron chi connectivity index (χ4n) is 2.87. The van der Waals surface area contributed by atoms with Gasteiger partial charge in [-0.15, -0.1) is 0 Å². The Morgan fingerprint density at radius 2 is 1.62 bits per heavy atom. The Balaban J connectivity index is 1.69. The molecule has 0 aliphatic heterocycles. The van der Waals surface area contributed by atoms with Gasteiger partial charge in [-0.2, -0.15) is 0 Å². The molecule has 8 heteroatoms. The lowest BCUT2D eigenvalue weighted by atomic mass is 10.1. The summed E-state index contributed by atoms with van der Waals surface area (Å²) in [6.07, 6.45) is 0. The fourth-order valence-corrected chi connectivity index (χ4v) is 3.34. The third kappa shape index (κ3) is 5.72. The largest absolute Gasteiger partial charge is 0.497 e. The maximum atomic E-state index is 12.6. The van der Waals surface area contributed by atoms with Crippen LogP contribution in [-0.4, -0.2) is 32.6 Å². The highest BCUT2D eigenvalue weighted by Crippen LogP contribution is 2.26. The zero-order valence-electron chi connectivity index (χ0n) is 17.4. The highest BCUT2D eigenvalue weighted by Gasteiger charge is 2.19. The first kappa shape index (κ1) is 23.4. The number of hydrogen-bond acceptors (Lipinski definition) is 6. The zero-order chi connectivity index (χ0) is 23.1. The molecule has 0 heterocycles. The predicted molar refractivity (Wildman–Crippen MR) is 121 cm³/mol. The van der Waals surface area contributed by atoms with Crippen LogP contribution in [0.5, 0.6) is 17.2 Å². The lowest BCUT2D eigenvalue weighted by Gasteiger charge is -2.13. The maximum absolute atomic E-state index is 12.6. The molecule has 0 aliphatic rings. The molecule has 0 atom stereocenters. The first-order valence-electron chi connectivity index (χ1n) is 9.51. The van der Waals surface area contributed by atoms with Crippen molar-refractivity contribution in [1.29, 1.82) is 0 Å². The van der Waals surface area contributed by atoms with E-state index in [0.717, 1.165) is 0 Å². The molecule has 0 saturated carbocycles. The van der Waals surface area contributed by atoms with Gasteiger partial charge in [0.15, 0.2) is 6.61 Å². The molecule has 0 amide bonds. The van der Waals surface area contributed by atoms with Gasteiger partial charge in [-0.25, -0.2) is 4.79 Å². The van der Waals surface area contributed by atoms with Crippen molar-refractivity contribution < 1.29 is 28.5 Å². The van der Waals surface area contributed by atoms with Crippen LogP contribution < -0.4 is 14.2 Å². The van der Waals surface area contributed by atoms with Gasteiger partial charge < -0.3 is 18.9 Å². The van der Waals surface area contributed by atoms with Gasteiger partial charge in [0.1, 0.15) is 29.4 Å². The van der Waals surface area contributed by atoms with Gasteiger partial charge in [0.05, 0.1) is 19.8 Å². The van der Waals surface area contributed by atoms with Gasteiger partial charge >= 0.3 is 5.97 Å². The molecule has 0 spiro atoms. The zero-order valence-corrected chi connectivity index (χ0v) is 18.9. The minimum atomic E-state index is -0.696. The van der Waals surface area contributed by atoms with Crippen LogP contribution in [0, 0.1) is 0 Å². The number of ketones is 1. The normalized spacial score (nSPS) is 10.4. The molecule has 3 aromatic rings. The molecule has 166 valence electrons. The van der Waals surface area contributed by atoms with Crippen LogP contribution >= 0.6 is 23.2 Å². The SMILES string of the molecule is COc1ccc(OC)c(C(=O)COC(=O)c2ccccc2OCc2ccc(Cl)cc2Cl)c1. The summed E-state index contributed by atoms with van der Waals surface area (Å²) in [5.41, 5.74) is 1.14. The predicted octanol–water partition coefficient (Wildman–Crippen LogP) is 5.63. The Hall–Kier alpha value is -3.22. The number of carbonyl (C=O) groups is 2. The molecule has 32 heavy (non-hydrogen) atoms. The van der Waals surface area contributed by atoms with Crippen LogP contribution in [0.25, 0.3) is 0 Å². The van der Waals surface area contributed by atoms with Crippen molar-refractivity contribution in [2.24, 2.45) is 0 Å². The van der Waals surface area contributed by atoms with Crippen LogP contribution in [0.4, 0.5) is 0 Å². The Bertz CT molecular complexity index is 1130. The summed E-state index contributed by atoms with van der Waals surface area (Å²) in [6, 6.07) is 16.4. The molecule has 0 saturated heterocycles. The molecular formula is C24H20Cl2O6. The van der Waals surface area contributed by atoms with Gasteiger partial charge in [-0.3, -0.25) is 4.79 Å². The van der Waals surface area contributed by atoms with Crippen LogP contribution in [0.15, 0.2) is 60.7 Å². The third-order valence-corrected chi connectivity index (χ3v) is 5.13. The second kappa shape index (κ2) is 10.9. The molecule has 0 bridgehead atoms. The van der Waals surface area contributed by atoms with E-state index in [2.05, 4.69) is 0 Å². The number of para-hydroxylation sites is 1. The van der Waals surface area contributed by atoms with Gasteiger partial charge in [0.2, 0.25) is 5.78 Å². The molecule has 0 aromatic heterocycles. The van der Waals surface area contributed by atoms with Crippen LogP contribution in [0.1, 0.15) is 26.3 Å². The van der Waals surface area contributed by atoms with E-state index >= 15 is 0 Å². The number of methoxy groups -OCH3 is 2. The Labute approximate surface area is 195 Å². The van der Waals surface area contributed by atoms with E-state index in [0.29, 0.717) is 32.9 Å². The van der Waals surface area contributed by atoms with Gasteiger partial charge in [-0.1, -0.05) is 41.4 Å². The number of esters is 1. The molecule has 0 unspecified atom stereocenters. The summed E-state index contributed by atoms with van der Waals surface area (Å²) in [5.74, 6) is 0.0175. The molecule has 0 N–H and O–H groups in total. The fraction of sp³-hybridized carbons (Fsp3) is 0.167. The number of hydrogen-bond donors (Lipinski definition) is 0. The van der Waals surface area contributed by atoms with Crippen molar-refractivity contribution >= 4 is 35.0 Å². The second-order valence-electron chi connectivity index (χ2n) is 6.59. The first-order chi connectivity index (χ1) is 15.4. The number of benzene rings is 3. The highest BCUT2D eigenvalue weighted by atomic mass is 35.5. The first-order valence-corrected chi connectivity index (χ1v) is 10.3. The van der Waals surface area contributed by atoms with E-state index < -0.39 is 18.4 Å². The van der Waals surface area contributed by atoms with E-state index in [1.807, 2.05) is 0 Å². The summed E-state index contributed by atoms with van der Waals surface area (Å²) in [7, 11) is 2.94. The number of halogens is 2. The quantitative estimate of drug-likeness (QED) is 0.295. The van der Waals surface area contributed by atoms with Crippen LogP contribution in [0.3, 0.4) is 0 Å². The summed E-state index contributed by atoms with van der Waals surface area (Å²) in [6.45, 7) is -0.347. The average Bonchev–Trinajstić information content (AvgIpc) is 2.81. The number of Topliss-reactive ketones (excluding diaryl/α,β-unsaturated/α-hetero) is 1. The summed E-state index contributed by atoms with van der Waals surface area (Å²) in [5, 5.41) is 0.968. The molecule has 3 rings (SSSR count). The minimum absolute atomic E-state index is 0.125. The number of rotatable bonds is 9. The van der Waals surface area contributed by atoms with Crippen LogP contribution in [-0.2, 0) is 11.3 Å². The van der Waals surface area contributed by atoms with Crippen molar-refractivity contribution in [2.75, 3.05) is 20.8 Å². The van der Waals surface area contributed by atoms with Crippen molar-refractivity contribution in [2.45, 2.75) is 6.61 Å². The summed E-state index contributed by atoms with van der Waals surface area (Å²) in [4.78, 5) is 25.3. The monoisotopic (exact) mass is 474 g/mol. The topological polar surface area (TPSA) is 71.1 Å². The molecule has 0 fully saturated rings. The van der Waals surface area contributed by atoms with E-state index in [1.165, 1.54) is 20.3 Å². The van der Waals surface area contributed by atoms with Crippen molar-refractivity contribution in [1.82, 2.24) is 0 Å². The third-order valence-electron chi connectivity index (χ3n) is 4.55. The number of ether oxygens (including phenoxy) is 4. The van der Waals surface area contributed by atoms with Gasteiger partial charge in [0.25, 0.3) is 0 Å². The van der Waals surface area contributed by atoms with Crippen LogP contribution in [0.2, 0.25) is 10.0 Å². The molecule has 0 aliphatic carbocycles. The van der Waals surface area contributed by atoms with E-state index in [9.17, 15) is 9.59 Å². The molecule has 3 aromatic carbocycles. The standard InChI is InChI=1S/C24H20Cl2O6/c1-29-17-9-10-22(30-2)19(12-17)21(27)14-32-24(28)18-5-3-4-6-23(18)31-13-15-7-8-16(25)11-20(15)26/h3-12H,13-14H2,1-2H3. The summed E-state index contributed by atoms with van der Waals surface area (Å²) >= 11 is 12.1. The Morgan fingerprint density at radius 3 is 2.34 bits per heavy atom. The molecular weight excluding hydrogens is 455 g/mol. The van der Waals surface area contributed by atoms with Crippen molar-refractivity contribution in [3.8, 4) is 17.2 Å². The van der Waals surface area contributed by atoms with Crippen molar-refractivity contribution in [3.63, 3.8) is 0 Å². The molecule has 0 radical (unpaired) electrons. The smallest absolute Gasteiger partial charge is 0.342 e. The molecule has 6 nitrogen and oxygen atoms in total. The number of carbonyl (C=O) groups excluding carboxylic acids is 2. The minimum Gasteiger partial charge on any atom is -0.497 e. The van der Waals surface area contributed by atoms with E-state index in [-0.39, 0.29) is 17.7 Å². The lowest BCUT2D eigenvalue weighted by molar-refractivity contribution is 0.0469. The summed E-state index contributed by atoms with van der Waals surface area (Å²) < 4.78 is 21.4. The van der Waals surface area contributed by atoms with E-state index in [1.54, 1.807) is 54.6 Å². The average molecular weight is 475 g/mol. The van der Waals surface area contributed by atoms with Gasteiger partial charge in [0, 0.05) is 15.6 Å². The Morgan fingerprint density at radius 1 is 0.844 bits per heavy atom. The highest BCUT2D eigenvalue weighted by molar-refractivity contribution is 6.35. The Kier molecular flexibility index (Phi) is 7.98. The van der Waals surface area contributed by atoms with Gasteiger partial charge in [-0.05, 0) is 42.5 Å². The second-order valence-corrected chi connectivity index (χ2v) is 7.43. The lowest BCUT2D eigenvalue weighted by Crippen LogP contribution is -2.16. The maximum Gasteiger partial charge on any atom is 0.342 e. The van der Waals surface area contributed by atoms with Crippen molar-refractivity contribution in [3.05, 3.63) is 87.4 Å². The van der Waals surface area contributed by atoms with E-state index in [4.69, 9.17) is 42.1 Å².